The lowest BCUT2D eigenvalue weighted by Gasteiger charge is -2.38. The Labute approximate surface area is 327 Å². The molecular formula is C38H52Cl2N8O6. The molecule has 3 amide bonds. The first-order valence-corrected chi connectivity index (χ1v) is 18.7. The molecule has 0 bridgehead atoms. The van der Waals surface area contributed by atoms with Gasteiger partial charge in [0.15, 0.2) is 0 Å². The van der Waals surface area contributed by atoms with Crippen LogP contribution in [-0.2, 0) is 9.47 Å². The molecule has 3 N–H and O–H groups in total. The maximum Gasteiger partial charge on any atom is 0.420 e. The average Bonchev–Trinajstić information content (AvgIpc) is 3.96. The lowest BCUT2D eigenvalue weighted by Crippen LogP contribution is -2.44. The van der Waals surface area contributed by atoms with Gasteiger partial charge in [-0.1, -0.05) is 23.2 Å². The normalized spacial score (nSPS) is 15.2. The van der Waals surface area contributed by atoms with E-state index in [1.807, 2.05) is 32.9 Å². The quantitative estimate of drug-likeness (QED) is 0.143. The van der Waals surface area contributed by atoms with Gasteiger partial charge in [0, 0.05) is 43.0 Å². The number of carbonyl (C=O) groups excluding carboxylic acids is 2. The number of urea groups is 1. The third kappa shape index (κ3) is 9.89. The SMILES string of the molecule is COc1cc(OC)c(Cl)c(NC(=O)N(COC(C)(C)C)c2cc(N(C(=O)OC(C)(C)C)c3ccc(N4CCC(N(C)C5CC5)CC4)cc3N)ncn2)c1Cl. The van der Waals surface area contributed by atoms with Crippen molar-refractivity contribution in [2.75, 3.05) is 66.8 Å². The highest BCUT2D eigenvalue weighted by atomic mass is 35.5. The van der Waals surface area contributed by atoms with E-state index in [4.69, 9.17) is 47.9 Å². The van der Waals surface area contributed by atoms with E-state index in [1.54, 1.807) is 26.8 Å². The summed E-state index contributed by atoms with van der Waals surface area (Å²) < 4.78 is 22.6. The fourth-order valence-corrected chi connectivity index (χ4v) is 6.74. The second-order valence-corrected chi connectivity index (χ2v) is 16.2. The first-order valence-electron chi connectivity index (χ1n) is 17.9. The molecule has 2 aliphatic rings. The fraction of sp³-hybridized carbons (Fsp3) is 0.526. The molecule has 1 aromatic heterocycles. The minimum Gasteiger partial charge on any atom is -0.495 e. The van der Waals surface area contributed by atoms with Crippen LogP contribution in [0.4, 0.5) is 44.0 Å². The van der Waals surface area contributed by atoms with Crippen molar-refractivity contribution >= 4 is 69.7 Å². The number of benzene rings is 2. The third-order valence-electron chi connectivity index (χ3n) is 9.18. The van der Waals surface area contributed by atoms with Gasteiger partial charge in [0.25, 0.3) is 0 Å². The molecule has 2 aromatic carbocycles. The molecule has 3 aromatic rings. The summed E-state index contributed by atoms with van der Waals surface area (Å²) in [4.78, 5) is 44.2. The van der Waals surface area contributed by atoms with Crippen molar-refractivity contribution < 1.29 is 28.5 Å². The number of nitrogens with two attached hydrogens (primary N) is 1. The number of nitrogens with one attached hydrogen (secondary N) is 1. The molecule has 2 fully saturated rings. The van der Waals surface area contributed by atoms with Crippen molar-refractivity contribution in [2.45, 2.75) is 90.5 Å². The first-order chi connectivity index (χ1) is 25.4. The van der Waals surface area contributed by atoms with Gasteiger partial charge >= 0.3 is 12.1 Å². The van der Waals surface area contributed by atoms with Crippen LogP contribution in [-0.4, -0.2) is 91.4 Å². The number of carbonyl (C=O) groups is 2. The molecule has 54 heavy (non-hydrogen) atoms. The molecule has 294 valence electrons. The van der Waals surface area contributed by atoms with E-state index in [2.05, 4.69) is 32.1 Å². The lowest BCUT2D eigenvalue weighted by atomic mass is 10.0. The number of nitrogen functional groups attached to an aromatic ring is 1. The minimum atomic E-state index is -0.847. The van der Waals surface area contributed by atoms with Gasteiger partial charge in [-0.15, -0.1) is 0 Å². The van der Waals surface area contributed by atoms with E-state index < -0.39 is 23.3 Å². The smallest absolute Gasteiger partial charge is 0.420 e. The van der Waals surface area contributed by atoms with Gasteiger partial charge in [0.05, 0.1) is 36.9 Å². The number of piperidine rings is 1. The summed E-state index contributed by atoms with van der Waals surface area (Å²) in [6, 6.07) is 9.17. The van der Waals surface area contributed by atoms with Crippen LogP contribution in [0, 0.1) is 0 Å². The number of hydrogen-bond donors (Lipinski definition) is 2. The highest BCUT2D eigenvalue weighted by Gasteiger charge is 2.34. The molecule has 16 heteroatoms. The Kier molecular flexibility index (Phi) is 12.6. The second kappa shape index (κ2) is 16.6. The molecule has 0 radical (unpaired) electrons. The average molecular weight is 788 g/mol. The summed E-state index contributed by atoms with van der Waals surface area (Å²) in [6.07, 6.45) is 5.22. The van der Waals surface area contributed by atoms with E-state index in [1.165, 1.54) is 55.3 Å². The number of rotatable bonds is 11. The number of halogens is 2. The van der Waals surface area contributed by atoms with E-state index in [9.17, 15) is 9.59 Å². The van der Waals surface area contributed by atoms with Crippen molar-refractivity contribution in [3.63, 3.8) is 0 Å². The highest BCUT2D eigenvalue weighted by molar-refractivity contribution is 6.41. The third-order valence-corrected chi connectivity index (χ3v) is 9.93. The van der Waals surface area contributed by atoms with E-state index in [0.29, 0.717) is 17.4 Å². The summed E-state index contributed by atoms with van der Waals surface area (Å²) in [6.45, 7) is 12.4. The molecule has 14 nitrogen and oxygen atoms in total. The van der Waals surface area contributed by atoms with Crippen LogP contribution in [0.3, 0.4) is 0 Å². The molecule has 0 unspecified atom stereocenters. The van der Waals surface area contributed by atoms with E-state index in [-0.39, 0.29) is 45.6 Å². The number of hydrogen-bond acceptors (Lipinski definition) is 11. The zero-order valence-electron chi connectivity index (χ0n) is 32.5. The summed E-state index contributed by atoms with van der Waals surface area (Å²) in [5.74, 6) is 0.659. The molecular weight excluding hydrogens is 735 g/mol. The number of aromatic nitrogens is 2. The Bertz CT molecular complexity index is 1790. The van der Waals surface area contributed by atoms with Gasteiger partial charge < -0.3 is 39.8 Å². The molecule has 1 saturated carbocycles. The van der Waals surface area contributed by atoms with Crippen molar-refractivity contribution in [1.82, 2.24) is 14.9 Å². The number of methoxy groups -OCH3 is 2. The number of anilines is 6. The molecule has 0 atom stereocenters. The van der Waals surface area contributed by atoms with Gasteiger partial charge in [-0.25, -0.2) is 24.5 Å². The van der Waals surface area contributed by atoms with Crippen molar-refractivity contribution in [2.24, 2.45) is 0 Å². The maximum absolute atomic E-state index is 14.1. The van der Waals surface area contributed by atoms with Crippen LogP contribution in [0.2, 0.25) is 10.0 Å². The number of amides is 3. The maximum atomic E-state index is 14.1. The molecule has 5 rings (SSSR count). The van der Waals surface area contributed by atoms with Crippen LogP contribution in [0.5, 0.6) is 11.5 Å². The Hall–Kier alpha value is -4.24. The Morgan fingerprint density at radius 3 is 2.02 bits per heavy atom. The summed E-state index contributed by atoms with van der Waals surface area (Å²) in [5.41, 5.74) is 6.94. The summed E-state index contributed by atoms with van der Waals surface area (Å²) >= 11 is 13.2. The zero-order chi connectivity index (χ0) is 39.5. The Morgan fingerprint density at radius 2 is 1.48 bits per heavy atom. The predicted octanol–water partition coefficient (Wildman–Crippen LogP) is 8.33. The van der Waals surface area contributed by atoms with Crippen LogP contribution in [0.1, 0.15) is 67.2 Å². The van der Waals surface area contributed by atoms with Gasteiger partial charge in [0.1, 0.15) is 51.8 Å². The van der Waals surface area contributed by atoms with Gasteiger partial charge in [-0.05, 0) is 92.5 Å². The minimum absolute atomic E-state index is 0.0528. The summed E-state index contributed by atoms with van der Waals surface area (Å²) in [7, 11) is 5.10. The standard InChI is InChI=1S/C38H52Cl2N8O6/c1-37(2,3)53-22-47(35(49)44-34-32(39)28(51-8)19-29(52-9)33(34)40)30-20-31(43-21-42-30)48(36(50)54-38(4,5)6)27-13-12-25(18-26(27)41)46-16-14-24(15-17-46)45(7)23-10-11-23/h12-13,18-21,23-24H,10-11,14-17,22,41H2,1-9H3,(H,44,49). The van der Waals surface area contributed by atoms with E-state index in [0.717, 1.165) is 37.7 Å². The molecule has 1 aliphatic heterocycles. The molecule has 1 aliphatic carbocycles. The van der Waals surface area contributed by atoms with Crippen molar-refractivity contribution in [3.8, 4) is 11.5 Å². The topological polar surface area (TPSA) is 148 Å². The van der Waals surface area contributed by atoms with Crippen LogP contribution in [0.25, 0.3) is 0 Å². The number of ether oxygens (including phenoxy) is 4. The predicted molar refractivity (Wildman–Crippen MR) is 214 cm³/mol. The van der Waals surface area contributed by atoms with Crippen molar-refractivity contribution in [1.29, 1.82) is 0 Å². The number of nitrogens with zero attached hydrogens (tertiary/aromatic N) is 6. The fourth-order valence-electron chi connectivity index (χ4n) is 6.14. The molecule has 0 spiro atoms. The molecule has 2 heterocycles. The van der Waals surface area contributed by atoms with Crippen LogP contribution in [0.15, 0.2) is 36.7 Å². The molecule has 1 saturated heterocycles. The largest absolute Gasteiger partial charge is 0.495 e. The van der Waals surface area contributed by atoms with Crippen LogP contribution >= 0.6 is 23.2 Å². The van der Waals surface area contributed by atoms with Crippen LogP contribution < -0.4 is 35.2 Å². The Morgan fingerprint density at radius 1 is 0.889 bits per heavy atom. The lowest BCUT2D eigenvalue weighted by molar-refractivity contribution is 0.000620. The van der Waals surface area contributed by atoms with Gasteiger partial charge in [-0.3, -0.25) is 4.90 Å². The van der Waals surface area contributed by atoms with Gasteiger partial charge in [-0.2, -0.15) is 0 Å². The van der Waals surface area contributed by atoms with Gasteiger partial charge in [0.2, 0.25) is 0 Å². The van der Waals surface area contributed by atoms with E-state index >= 15 is 0 Å². The Balaban J connectivity index is 1.49. The second-order valence-electron chi connectivity index (χ2n) is 15.4. The van der Waals surface area contributed by atoms with Crippen molar-refractivity contribution in [3.05, 3.63) is 46.7 Å². The monoisotopic (exact) mass is 786 g/mol. The summed E-state index contributed by atoms with van der Waals surface area (Å²) in [5, 5.41) is 2.87. The first kappa shape index (κ1) is 40.9. The zero-order valence-corrected chi connectivity index (χ0v) is 34.0. The highest BCUT2D eigenvalue weighted by Crippen LogP contribution is 2.44.